The fraction of sp³-hybridized carbons (Fsp3) is 0.333. The van der Waals surface area contributed by atoms with Gasteiger partial charge in [0, 0.05) is 14.6 Å². The summed E-state index contributed by atoms with van der Waals surface area (Å²) in [6.45, 7) is 0.457. The van der Waals surface area contributed by atoms with E-state index in [9.17, 15) is 14.7 Å². The van der Waals surface area contributed by atoms with Gasteiger partial charge in [-0.1, -0.05) is 18.2 Å². The van der Waals surface area contributed by atoms with Crippen molar-refractivity contribution in [3.05, 3.63) is 46.7 Å². The van der Waals surface area contributed by atoms with Crippen LogP contribution in [0.2, 0.25) is 0 Å². The second-order valence-corrected chi connectivity index (χ2v) is 8.42. The van der Waals surface area contributed by atoms with Crippen molar-refractivity contribution in [3.8, 4) is 9.75 Å². The topological polar surface area (TPSA) is 66.4 Å². The van der Waals surface area contributed by atoms with E-state index in [1.165, 1.54) is 9.75 Å². The van der Waals surface area contributed by atoms with E-state index >= 15 is 0 Å². The van der Waals surface area contributed by atoms with Crippen LogP contribution in [0.3, 0.4) is 0 Å². The number of amides is 1. The Balaban J connectivity index is 1.42. The van der Waals surface area contributed by atoms with E-state index in [0.29, 0.717) is 6.54 Å². The average molecular weight is 359 g/mol. The molecule has 0 unspecified atom stereocenters. The quantitative estimate of drug-likeness (QED) is 0.802. The first-order valence-corrected chi connectivity index (χ1v) is 9.64. The first-order chi connectivity index (χ1) is 11.6. The number of carbonyl (C=O) groups excluding carboxylic acids is 1. The number of allylic oxidation sites excluding steroid dienone is 2. The summed E-state index contributed by atoms with van der Waals surface area (Å²) in [6, 6.07) is 8.20. The van der Waals surface area contributed by atoms with Crippen LogP contribution in [0.15, 0.2) is 41.8 Å². The average Bonchev–Trinajstić information content (AvgIpc) is 3.35. The number of hydrogen-bond donors (Lipinski definition) is 2. The molecule has 2 aromatic rings. The number of carboxylic acids is 1. The minimum Gasteiger partial charge on any atom is -0.481 e. The minimum atomic E-state index is -0.858. The third kappa shape index (κ3) is 2.70. The molecule has 0 aromatic carbocycles. The number of nitrogens with one attached hydrogen (secondary N) is 1. The zero-order valence-corrected chi connectivity index (χ0v) is 14.5. The summed E-state index contributed by atoms with van der Waals surface area (Å²) in [5, 5.41) is 14.4. The maximum absolute atomic E-state index is 12.6. The molecule has 2 aromatic heterocycles. The predicted molar refractivity (Wildman–Crippen MR) is 94.8 cm³/mol. The van der Waals surface area contributed by atoms with Crippen LogP contribution in [-0.2, 0) is 16.1 Å². The van der Waals surface area contributed by atoms with E-state index in [-0.39, 0.29) is 17.7 Å². The Labute approximate surface area is 147 Å². The Hall–Kier alpha value is -1.92. The maximum atomic E-state index is 12.6. The summed E-state index contributed by atoms with van der Waals surface area (Å²) in [5.74, 6) is -1.93. The van der Waals surface area contributed by atoms with Crippen molar-refractivity contribution in [2.45, 2.75) is 13.0 Å². The standard InChI is InChI=1S/C18H17NO3S2/c20-17(15-10-3-4-11(8-10)16(15)18(21)22)19-9-12-5-6-14(24-12)13-2-1-7-23-13/h1-7,10-11,15-16H,8-9H2,(H,19,20)(H,21,22)/t10-,11+,15-,16+/m1/s1. The van der Waals surface area contributed by atoms with Crippen molar-refractivity contribution < 1.29 is 14.7 Å². The van der Waals surface area contributed by atoms with Crippen molar-refractivity contribution in [3.63, 3.8) is 0 Å². The number of hydrogen-bond acceptors (Lipinski definition) is 4. The summed E-state index contributed by atoms with van der Waals surface area (Å²) in [4.78, 5) is 27.6. The van der Waals surface area contributed by atoms with E-state index in [4.69, 9.17) is 0 Å². The van der Waals surface area contributed by atoms with Gasteiger partial charge in [-0.25, -0.2) is 0 Å². The highest BCUT2D eigenvalue weighted by Gasteiger charge is 2.51. The third-order valence-electron chi connectivity index (χ3n) is 4.91. The fourth-order valence-electron chi connectivity index (χ4n) is 3.83. The third-order valence-corrected chi connectivity index (χ3v) is 7.06. The van der Waals surface area contributed by atoms with Crippen LogP contribution in [0.25, 0.3) is 9.75 Å². The molecule has 2 aliphatic rings. The monoisotopic (exact) mass is 359 g/mol. The number of fused-ring (bicyclic) bond motifs is 2. The van der Waals surface area contributed by atoms with Crippen molar-refractivity contribution in [2.24, 2.45) is 23.7 Å². The molecule has 1 fully saturated rings. The summed E-state index contributed by atoms with van der Waals surface area (Å²) in [7, 11) is 0. The highest BCUT2D eigenvalue weighted by Crippen LogP contribution is 2.48. The lowest BCUT2D eigenvalue weighted by Gasteiger charge is -2.23. The van der Waals surface area contributed by atoms with E-state index in [1.54, 1.807) is 22.7 Å². The molecule has 124 valence electrons. The molecule has 4 atom stereocenters. The molecule has 0 saturated heterocycles. The van der Waals surface area contributed by atoms with Gasteiger partial charge in [-0.15, -0.1) is 22.7 Å². The van der Waals surface area contributed by atoms with Crippen LogP contribution in [0.5, 0.6) is 0 Å². The van der Waals surface area contributed by atoms with Crippen molar-refractivity contribution in [1.29, 1.82) is 0 Å². The van der Waals surface area contributed by atoms with Gasteiger partial charge < -0.3 is 10.4 Å². The maximum Gasteiger partial charge on any atom is 0.307 e. The smallest absolute Gasteiger partial charge is 0.307 e. The fourth-order valence-corrected chi connectivity index (χ4v) is 5.61. The SMILES string of the molecule is O=C(O)[C@@H]1[C@H](C(=O)NCc2ccc(-c3cccs3)s2)[C@@H]2C=C[C@H]1C2. The van der Waals surface area contributed by atoms with E-state index in [2.05, 4.69) is 17.4 Å². The molecule has 2 bridgehead atoms. The first-order valence-electron chi connectivity index (χ1n) is 7.95. The van der Waals surface area contributed by atoms with Crippen LogP contribution in [0.4, 0.5) is 0 Å². The van der Waals surface area contributed by atoms with Gasteiger partial charge in [0.05, 0.1) is 18.4 Å². The molecule has 24 heavy (non-hydrogen) atoms. The summed E-state index contributed by atoms with van der Waals surface area (Å²) in [6.07, 6.45) is 4.75. The number of carboxylic acid groups (broad SMARTS) is 1. The zero-order chi connectivity index (χ0) is 16.7. The number of rotatable bonds is 5. The Morgan fingerprint density at radius 2 is 1.92 bits per heavy atom. The highest BCUT2D eigenvalue weighted by atomic mass is 32.1. The normalized spacial score (nSPS) is 27.5. The van der Waals surface area contributed by atoms with Gasteiger partial charge >= 0.3 is 5.97 Å². The molecule has 0 spiro atoms. The van der Waals surface area contributed by atoms with Crippen LogP contribution in [0.1, 0.15) is 11.3 Å². The van der Waals surface area contributed by atoms with Gasteiger partial charge in [0.1, 0.15) is 0 Å². The molecule has 4 rings (SSSR count). The molecule has 6 heteroatoms. The molecule has 2 aliphatic carbocycles. The lowest BCUT2D eigenvalue weighted by molar-refractivity contribution is -0.147. The van der Waals surface area contributed by atoms with Crippen LogP contribution >= 0.6 is 22.7 Å². The highest BCUT2D eigenvalue weighted by molar-refractivity contribution is 7.21. The predicted octanol–water partition coefficient (Wildman–Crippen LogP) is 3.62. The van der Waals surface area contributed by atoms with Gasteiger partial charge in [-0.2, -0.15) is 0 Å². The molecule has 1 saturated carbocycles. The molecule has 2 N–H and O–H groups in total. The number of thiophene rings is 2. The second-order valence-electron chi connectivity index (χ2n) is 6.30. The van der Waals surface area contributed by atoms with Crippen LogP contribution in [0, 0.1) is 23.7 Å². The largest absolute Gasteiger partial charge is 0.481 e. The Morgan fingerprint density at radius 1 is 1.12 bits per heavy atom. The Morgan fingerprint density at radius 3 is 2.62 bits per heavy atom. The Bertz CT molecular complexity index is 793. The number of aliphatic carboxylic acids is 1. The van der Waals surface area contributed by atoms with Gasteiger partial charge in [0.25, 0.3) is 0 Å². The van der Waals surface area contributed by atoms with Gasteiger partial charge in [0.2, 0.25) is 5.91 Å². The first kappa shape index (κ1) is 15.6. The van der Waals surface area contributed by atoms with Crippen molar-refractivity contribution in [2.75, 3.05) is 0 Å². The van der Waals surface area contributed by atoms with Gasteiger partial charge in [0.15, 0.2) is 0 Å². The molecular weight excluding hydrogens is 342 g/mol. The van der Waals surface area contributed by atoms with Gasteiger partial charge in [-0.3, -0.25) is 9.59 Å². The summed E-state index contributed by atoms with van der Waals surface area (Å²) in [5.41, 5.74) is 0. The van der Waals surface area contributed by atoms with Crippen LogP contribution in [-0.4, -0.2) is 17.0 Å². The van der Waals surface area contributed by atoms with E-state index in [0.717, 1.165) is 11.3 Å². The lowest BCUT2D eigenvalue weighted by Crippen LogP contribution is -2.39. The van der Waals surface area contributed by atoms with E-state index < -0.39 is 17.8 Å². The van der Waals surface area contributed by atoms with Crippen molar-refractivity contribution in [1.82, 2.24) is 5.32 Å². The molecular formula is C18H17NO3S2. The van der Waals surface area contributed by atoms with E-state index in [1.807, 2.05) is 29.7 Å². The van der Waals surface area contributed by atoms with Crippen LogP contribution < -0.4 is 5.32 Å². The van der Waals surface area contributed by atoms with Crippen molar-refractivity contribution >= 4 is 34.6 Å². The Kier molecular flexibility index (Phi) is 4.02. The summed E-state index contributed by atoms with van der Waals surface area (Å²) < 4.78 is 0. The molecule has 0 radical (unpaired) electrons. The molecule has 0 aliphatic heterocycles. The zero-order valence-electron chi connectivity index (χ0n) is 12.8. The summed E-state index contributed by atoms with van der Waals surface area (Å²) >= 11 is 3.36. The molecule has 1 amide bonds. The lowest BCUT2D eigenvalue weighted by atomic mass is 9.82. The second kappa shape index (κ2) is 6.18. The minimum absolute atomic E-state index is 0.00965. The van der Waals surface area contributed by atoms with Gasteiger partial charge in [-0.05, 0) is 41.8 Å². The molecule has 2 heterocycles. The number of carbonyl (C=O) groups is 2. The molecule has 4 nitrogen and oxygen atoms in total.